The number of amides is 1. The maximum atomic E-state index is 12.2. The van der Waals surface area contributed by atoms with E-state index in [1.165, 1.54) is 11.3 Å². The highest BCUT2D eigenvalue weighted by Crippen LogP contribution is 2.21. The summed E-state index contributed by atoms with van der Waals surface area (Å²) in [4.78, 5) is 16.6. The van der Waals surface area contributed by atoms with Crippen molar-refractivity contribution in [1.82, 2.24) is 10.3 Å². The standard InChI is InChI=1S/C19H19N3O2S/c1-24-17-10-6-5-7-14(17)11-12-20-18(23)16-13-25-19(22-16)21-15-8-3-2-4-9-15/h2-10,13H,11-12H2,1H3,(H,20,23)(H,21,22). The van der Waals surface area contributed by atoms with Gasteiger partial charge in [0.25, 0.3) is 5.91 Å². The van der Waals surface area contributed by atoms with Crippen LogP contribution in [0.25, 0.3) is 0 Å². The number of hydrogen-bond donors (Lipinski definition) is 2. The van der Waals surface area contributed by atoms with Crippen molar-refractivity contribution in [2.45, 2.75) is 6.42 Å². The third kappa shape index (κ3) is 4.58. The summed E-state index contributed by atoms with van der Waals surface area (Å²) in [6.45, 7) is 0.526. The van der Waals surface area contributed by atoms with Gasteiger partial charge in [-0.05, 0) is 30.2 Å². The number of aromatic nitrogens is 1. The van der Waals surface area contributed by atoms with E-state index in [2.05, 4.69) is 15.6 Å². The fourth-order valence-electron chi connectivity index (χ4n) is 2.39. The molecule has 1 aromatic heterocycles. The zero-order valence-electron chi connectivity index (χ0n) is 13.9. The van der Waals surface area contributed by atoms with Gasteiger partial charge in [-0.3, -0.25) is 4.79 Å². The van der Waals surface area contributed by atoms with Gasteiger partial charge in [0.2, 0.25) is 0 Å². The van der Waals surface area contributed by atoms with Crippen molar-refractivity contribution < 1.29 is 9.53 Å². The van der Waals surface area contributed by atoms with Gasteiger partial charge < -0.3 is 15.4 Å². The number of carbonyl (C=O) groups excluding carboxylic acids is 1. The first-order valence-corrected chi connectivity index (χ1v) is 8.82. The number of benzene rings is 2. The third-order valence-electron chi connectivity index (χ3n) is 3.63. The number of ether oxygens (including phenoxy) is 1. The van der Waals surface area contributed by atoms with E-state index in [0.717, 1.165) is 17.0 Å². The van der Waals surface area contributed by atoms with Crippen LogP contribution in [-0.2, 0) is 6.42 Å². The van der Waals surface area contributed by atoms with Crippen LogP contribution in [0.2, 0.25) is 0 Å². The second kappa shape index (κ2) is 8.30. The molecular formula is C19H19N3O2S. The number of methoxy groups -OCH3 is 1. The van der Waals surface area contributed by atoms with Gasteiger partial charge >= 0.3 is 0 Å². The van der Waals surface area contributed by atoms with E-state index in [0.29, 0.717) is 23.8 Å². The molecule has 2 N–H and O–H groups in total. The molecule has 3 aromatic rings. The van der Waals surface area contributed by atoms with Crippen molar-refractivity contribution in [2.24, 2.45) is 0 Å². The van der Waals surface area contributed by atoms with Crippen molar-refractivity contribution in [3.8, 4) is 5.75 Å². The van der Waals surface area contributed by atoms with Crippen molar-refractivity contribution in [3.05, 3.63) is 71.2 Å². The zero-order chi connectivity index (χ0) is 17.5. The lowest BCUT2D eigenvalue weighted by Gasteiger charge is -2.08. The number of carbonyl (C=O) groups is 1. The van der Waals surface area contributed by atoms with Crippen LogP contribution in [0, 0.1) is 0 Å². The summed E-state index contributed by atoms with van der Waals surface area (Å²) in [6, 6.07) is 17.5. The van der Waals surface area contributed by atoms with Crippen LogP contribution >= 0.6 is 11.3 Å². The maximum Gasteiger partial charge on any atom is 0.270 e. The Morgan fingerprint density at radius 1 is 1.12 bits per heavy atom. The summed E-state index contributed by atoms with van der Waals surface area (Å²) in [5, 5.41) is 8.53. The molecule has 1 heterocycles. The Morgan fingerprint density at radius 3 is 2.68 bits per heavy atom. The Hall–Kier alpha value is -2.86. The van der Waals surface area contributed by atoms with Crippen LogP contribution in [0.1, 0.15) is 16.1 Å². The highest BCUT2D eigenvalue weighted by atomic mass is 32.1. The maximum absolute atomic E-state index is 12.2. The molecule has 0 aliphatic heterocycles. The fraction of sp³-hybridized carbons (Fsp3) is 0.158. The van der Waals surface area contributed by atoms with E-state index in [1.54, 1.807) is 12.5 Å². The molecule has 0 bridgehead atoms. The molecule has 0 fully saturated rings. The molecule has 25 heavy (non-hydrogen) atoms. The molecule has 3 rings (SSSR count). The van der Waals surface area contributed by atoms with Gasteiger partial charge in [0.15, 0.2) is 5.13 Å². The summed E-state index contributed by atoms with van der Waals surface area (Å²) in [6.07, 6.45) is 0.703. The highest BCUT2D eigenvalue weighted by Gasteiger charge is 2.11. The van der Waals surface area contributed by atoms with Gasteiger partial charge in [0.1, 0.15) is 11.4 Å². The minimum absolute atomic E-state index is 0.174. The van der Waals surface area contributed by atoms with Crippen molar-refractivity contribution in [2.75, 3.05) is 19.0 Å². The molecule has 1 amide bonds. The van der Waals surface area contributed by atoms with Crippen LogP contribution in [0.4, 0.5) is 10.8 Å². The monoisotopic (exact) mass is 353 g/mol. The first-order valence-electron chi connectivity index (χ1n) is 7.94. The zero-order valence-corrected chi connectivity index (χ0v) is 14.7. The molecule has 6 heteroatoms. The second-order valence-electron chi connectivity index (χ2n) is 5.35. The van der Waals surface area contributed by atoms with Crippen LogP contribution in [0.5, 0.6) is 5.75 Å². The summed E-state index contributed by atoms with van der Waals surface area (Å²) < 4.78 is 5.32. The molecule has 0 aliphatic carbocycles. The van der Waals surface area contributed by atoms with Crippen molar-refractivity contribution >= 4 is 28.1 Å². The SMILES string of the molecule is COc1ccccc1CCNC(=O)c1csc(Nc2ccccc2)n1. The molecule has 0 unspecified atom stereocenters. The smallest absolute Gasteiger partial charge is 0.270 e. The lowest BCUT2D eigenvalue weighted by atomic mass is 10.1. The number of hydrogen-bond acceptors (Lipinski definition) is 5. The van der Waals surface area contributed by atoms with Crippen LogP contribution in [0.3, 0.4) is 0 Å². The third-order valence-corrected chi connectivity index (χ3v) is 4.39. The summed E-state index contributed by atoms with van der Waals surface area (Å²) in [5.74, 6) is 0.659. The molecule has 0 aliphatic rings. The van der Waals surface area contributed by atoms with E-state index in [4.69, 9.17) is 4.74 Å². The van der Waals surface area contributed by atoms with Gasteiger partial charge in [0.05, 0.1) is 7.11 Å². The Labute approximate surface area is 150 Å². The van der Waals surface area contributed by atoms with E-state index in [9.17, 15) is 4.79 Å². The Morgan fingerprint density at radius 2 is 1.88 bits per heavy atom. The molecule has 128 valence electrons. The average Bonchev–Trinajstić information content (AvgIpc) is 3.11. The van der Waals surface area contributed by atoms with E-state index < -0.39 is 0 Å². The summed E-state index contributed by atoms with van der Waals surface area (Å²) >= 11 is 1.41. The molecule has 2 aromatic carbocycles. The molecule has 0 saturated heterocycles. The average molecular weight is 353 g/mol. The summed E-state index contributed by atoms with van der Waals surface area (Å²) in [5.41, 5.74) is 2.43. The van der Waals surface area contributed by atoms with Crippen LogP contribution < -0.4 is 15.4 Å². The highest BCUT2D eigenvalue weighted by molar-refractivity contribution is 7.14. The predicted octanol–water partition coefficient (Wildman–Crippen LogP) is 3.87. The number of thiazole rings is 1. The lowest BCUT2D eigenvalue weighted by molar-refractivity contribution is 0.0950. The largest absolute Gasteiger partial charge is 0.496 e. The quantitative estimate of drug-likeness (QED) is 0.677. The summed E-state index contributed by atoms with van der Waals surface area (Å²) in [7, 11) is 1.65. The molecule has 0 atom stereocenters. The number of rotatable bonds is 7. The van der Waals surface area contributed by atoms with Gasteiger partial charge in [-0.2, -0.15) is 0 Å². The van der Waals surface area contributed by atoms with Crippen molar-refractivity contribution in [3.63, 3.8) is 0 Å². The molecular weight excluding hydrogens is 334 g/mol. The topological polar surface area (TPSA) is 63.2 Å². The minimum Gasteiger partial charge on any atom is -0.496 e. The first kappa shape index (κ1) is 17.0. The van der Waals surface area contributed by atoms with Gasteiger partial charge in [-0.1, -0.05) is 36.4 Å². The normalized spacial score (nSPS) is 10.3. The number of nitrogens with one attached hydrogen (secondary N) is 2. The first-order chi connectivity index (χ1) is 12.3. The Balaban J connectivity index is 1.53. The minimum atomic E-state index is -0.174. The van der Waals surface area contributed by atoms with Gasteiger partial charge in [-0.25, -0.2) is 4.98 Å². The van der Waals surface area contributed by atoms with Crippen LogP contribution in [0.15, 0.2) is 60.0 Å². The van der Waals surface area contributed by atoms with E-state index >= 15 is 0 Å². The van der Waals surface area contributed by atoms with Gasteiger partial charge in [-0.15, -0.1) is 11.3 Å². The Kier molecular flexibility index (Phi) is 5.64. The number of anilines is 2. The molecule has 0 radical (unpaired) electrons. The number of para-hydroxylation sites is 2. The lowest BCUT2D eigenvalue weighted by Crippen LogP contribution is -2.26. The molecule has 0 saturated carbocycles. The number of nitrogens with zero attached hydrogens (tertiary/aromatic N) is 1. The van der Waals surface area contributed by atoms with Crippen LogP contribution in [-0.4, -0.2) is 24.5 Å². The predicted molar refractivity (Wildman–Crippen MR) is 101 cm³/mol. The van der Waals surface area contributed by atoms with E-state index in [1.807, 2.05) is 54.6 Å². The fourth-order valence-corrected chi connectivity index (χ4v) is 3.10. The second-order valence-corrected chi connectivity index (χ2v) is 6.20. The van der Waals surface area contributed by atoms with Crippen molar-refractivity contribution in [1.29, 1.82) is 0 Å². The van der Waals surface area contributed by atoms with E-state index in [-0.39, 0.29) is 5.91 Å². The van der Waals surface area contributed by atoms with Gasteiger partial charge in [0, 0.05) is 17.6 Å². The molecule has 5 nitrogen and oxygen atoms in total. The Bertz CT molecular complexity index is 833. The molecule has 0 spiro atoms.